The van der Waals surface area contributed by atoms with Crippen LogP contribution in [0.2, 0.25) is 0 Å². The topological polar surface area (TPSA) is 61.6 Å². The largest absolute Gasteiger partial charge is 0.478 e. The zero-order valence-electron chi connectivity index (χ0n) is 17.3. The Kier molecular flexibility index (Phi) is 6.47. The Morgan fingerprint density at radius 3 is 1.97 bits per heavy atom. The van der Waals surface area contributed by atoms with Gasteiger partial charge in [-0.2, -0.15) is 5.10 Å². The molecule has 4 rings (SSSR count). The Hall–Kier alpha value is -3.80. The van der Waals surface area contributed by atoms with Gasteiger partial charge in [-0.15, -0.1) is 0 Å². The van der Waals surface area contributed by atoms with Gasteiger partial charge in [0, 0.05) is 44.1 Å². The summed E-state index contributed by atoms with van der Waals surface area (Å²) in [5.41, 5.74) is 2.72. The first kappa shape index (κ1) is 20.5. The molecule has 0 spiro atoms. The van der Waals surface area contributed by atoms with Gasteiger partial charge < -0.3 is 14.9 Å². The number of carboxylic acid groups (broad SMARTS) is 1. The van der Waals surface area contributed by atoms with Gasteiger partial charge in [-0.05, 0) is 24.0 Å². The number of unbranched alkanes of at least 4 members (excludes halogenated alkanes) is 1. The molecule has 158 valence electrons. The first-order valence-electron chi connectivity index (χ1n) is 10.5. The molecule has 0 amide bonds. The summed E-state index contributed by atoms with van der Waals surface area (Å²) < 4.78 is 1.69. The van der Waals surface area contributed by atoms with Crippen molar-refractivity contribution in [1.82, 2.24) is 19.6 Å². The zero-order valence-corrected chi connectivity index (χ0v) is 17.3. The van der Waals surface area contributed by atoms with Crippen LogP contribution in [-0.2, 0) is 6.54 Å². The molecule has 0 saturated carbocycles. The van der Waals surface area contributed by atoms with E-state index in [4.69, 9.17) is 5.11 Å². The summed E-state index contributed by atoms with van der Waals surface area (Å²) in [4.78, 5) is 15.3. The Balaban J connectivity index is 1.33. The summed E-state index contributed by atoms with van der Waals surface area (Å²) in [5, 5.41) is 13.1. The quantitative estimate of drug-likeness (QED) is 0.514. The fourth-order valence-electron chi connectivity index (χ4n) is 3.72. The lowest BCUT2D eigenvalue weighted by Gasteiger charge is -2.32. The molecule has 1 aliphatic rings. The molecule has 6 nitrogen and oxygen atoms in total. The van der Waals surface area contributed by atoms with Crippen molar-refractivity contribution >= 4 is 5.97 Å². The van der Waals surface area contributed by atoms with Crippen LogP contribution < -0.4 is 0 Å². The summed E-state index contributed by atoms with van der Waals surface area (Å²) in [5.74, 6) is -0.941. The second kappa shape index (κ2) is 9.80. The standard InChI is InChI=1S/C25H26N4O2/c30-25(31)23-19-26-29(20-23)14-8-7-13-27-15-17-28(18-16-27)24(21-9-3-1-4-10-21)22-11-5-2-6-12-22/h1-6,9-12,15-20,24H,7-8,13-14H2,(H,30,31). The Morgan fingerprint density at radius 2 is 1.42 bits per heavy atom. The molecule has 2 aromatic carbocycles. The van der Waals surface area contributed by atoms with Crippen LogP contribution in [0.5, 0.6) is 0 Å². The first-order chi connectivity index (χ1) is 15.2. The van der Waals surface area contributed by atoms with E-state index >= 15 is 0 Å². The molecule has 1 aliphatic heterocycles. The average Bonchev–Trinajstić information content (AvgIpc) is 3.29. The van der Waals surface area contributed by atoms with E-state index in [1.807, 2.05) is 12.1 Å². The minimum atomic E-state index is -0.941. The fourth-order valence-corrected chi connectivity index (χ4v) is 3.72. The predicted molar refractivity (Wildman–Crippen MR) is 120 cm³/mol. The maximum Gasteiger partial charge on any atom is 0.338 e. The highest BCUT2D eigenvalue weighted by molar-refractivity contribution is 5.86. The molecule has 31 heavy (non-hydrogen) atoms. The van der Waals surface area contributed by atoms with E-state index in [2.05, 4.69) is 88.2 Å². The number of carbonyl (C=O) groups is 1. The molecule has 0 bridgehead atoms. The highest BCUT2D eigenvalue weighted by atomic mass is 16.4. The van der Waals surface area contributed by atoms with Gasteiger partial charge in [0.2, 0.25) is 0 Å². The van der Waals surface area contributed by atoms with Gasteiger partial charge in [0.05, 0.1) is 17.8 Å². The molecule has 1 aromatic heterocycles. The van der Waals surface area contributed by atoms with Crippen LogP contribution in [0, 0.1) is 0 Å². The fraction of sp³-hybridized carbons (Fsp3) is 0.200. The minimum Gasteiger partial charge on any atom is -0.478 e. The highest BCUT2D eigenvalue weighted by Gasteiger charge is 2.19. The second-order valence-electron chi connectivity index (χ2n) is 7.51. The molecule has 2 heterocycles. The smallest absolute Gasteiger partial charge is 0.338 e. The van der Waals surface area contributed by atoms with E-state index in [9.17, 15) is 4.79 Å². The Bertz CT molecular complexity index is 990. The molecule has 0 aliphatic carbocycles. The molecule has 0 radical (unpaired) electrons. The van der Waals surface area contributed by atoms with E-state index in [-0.39, 0.29) is 11.6 Å². The third-order valence-electron chi connectivity index (χ3n) is 5.32. The number of benzene rings is 2. The van der Waals surface area contributed by atoms with E-state index < -0.39 is 5.97 Å². The monoisotopic (exact) mass is 414 g/mol. The number of hydrogen-bond donors (Lipinski definition) is 1. The predicted octanol–water partition coefficient (Wildman–Crippen LogP) is 4.71. The van der Waals surface area contributed by atoms with Gasteiger partial charge in [0.25, 0.3) is 0 Å². The van der Waals surface area contributed by atoms with Crippen LogP contribution in [0.25, 0.3) is 0 Å². The average molecular weight is 415 g/mol. The third kappa shape index (κ3) is 5.22. The normalized spacial score (nSPS) is 13.2. The summed E-state index contributed by atoms with van der Waals surface area (Å²) in [6.07, 6.45) is 13.3. The molecule has 0 fully saturated rings. The van der Waals surface area contributed by atoms with E-state index in [0.29, 0.717) is 6.54 Å². The molecule has 1 N–H and O–H groups in total. The van der Waals surface area contributed by atoms with Crippen LogP contribution in [0.4, 0.5) is 0 Å². The van der Waals surface area contributed by atoms with Crippen LogP contribution in [-0.4, -0.2) is 37.2 Å². The maximum atomic E-state index is 10.9. The van der Waals surface area contributed by atoms with Gasteiger partial charge in [-0.1, -0.05) is 60.7 Å². The van der Waals surface area contributed by atoms with Crippen molar-refractivity contribution in [3.05, 3.63) is 115 Å². The molecular formula is C25H26N4O2. The Morgan fingerprint density at radius 1 is 0.839 bits per heavy atom. The van der Waals surface area contributed by atoms with Crippen molar-refractivity contribution in [2.75, 3.05) is 6.54 Å². The Labute approximate surface area is 182 Å². The van der Waals surface area contributed by atoms with Crippen molar-refractivity contribution in [1.29, 1.82) is 0 Å². The second-order valence-corrected chi connectivity index (χ2v) is 7.51. The minimum absolute atomic E-state index is 0.125. The third-order valence-corrected chi connectivity index (χ3v) is 5.32. The molecule has 0 atom stereocenters. The molecule has 0 unspecified atom stereocenters. The van der Waals surface area contributed by atoms with Gasteiger partial charge >= 0.3 is 5.97 Å². The molecule has 6 heteroatoms. The van der Waals surface area contributed by atoms with Crippen molar-refractivity contribution in [2.45, 2.75) is 25.4 Å². The van der Waals surface area contributed by atoms with E-state index in [0.717, 1.165) is 19.4 Å². The number of aryl methyl sites for hydroxylation is 1. The van der Waals surface area contributed by atoms with Crippen LogP contribution >= 0.6 is 0 Å². The zero-order chi connectivity index (χ0) is 21.5. The van der Waals surface area contributed by atoms with Gasteiger partial charge in [-0.25, -0.2) is 4.79 Å². The van der Waals surface area contributed by atoms with E-state index in [1.165, 1.54) is 17.3 Å². The summed E-state index contributed by atoms with van der Waals surface area (Å²) in [6.45, 7) is 1.61. The van der Waals surface area contributed by atoms with Crippen molar-refractivity contribution in [2.24, 2.45) is 0 Å². The van der Waals surface area contributed by atoms with Crippen molar-refractivity contribution < 1.29 is 9.90 Å². The highest BCUT2D eigenvalue weighted by Crippen LogP contribution is 2.30. The lowest BCUT2D eigenvalue weighted by molar-refractivity contribution is 0.0696. The summed E-state index contributed by atoms with van der Waals surface area (Å²) in [7, 11) is 0. The van der Waals surface area contributed by atoms with Crippen LogP contribution in [0.3, 0.4) is 0 Å². The number of aromatic nitrogens is 2. The lowest BCUT2D eigenvalue weighted by Crippen LogP contribution is -2.25. The summed E-state index contributed by atoms with van der Waals surface area (Å²) >= 11 is 0. The van der Waals surface area contributed by atoms with Gasteiger partial charge in [-0.3, -0.25) is 4.68 Å². The van der Waals surface area contributed by atoms with Crippen LogP contribution in [0.1, 0.15) is 40.4 Å². The number of nitrogens with zero attached hydrogens (tertiary/aromatic N) is 4. The first-order valence-corrected chi connectivity index (χ1v) is 10.5. The SMILES string of the molecule is O=C(O)c1cnn(CCCCN2C=CN(C(c3ccccc3)c3ccccc3)C=C2)c1. The number of aromatic carboxylic acids is 1. The summed E-state index contributed by atoms with van der Waals surface area (Å²) in [6, 6.07) is 21.2. The molecular weight excluding hydrogens is 388 g/mol. The van der Waals surface area contributed by atoms with E-state index in [1.54, 1.807) is 10.9 Å². The number of hydrogen-bond acceptors (Lipinski definition) is 4. The van der Waals surface area contributed by atoms with Crippen molar-refractivity contribution in [3.63, 3.8) is 0 Å². The number of carboxylic acids is 1. The van der Waals surface area contributed by atoms with Crippen molar-refractivity contribution in [3.8, 4) is 0 Å². The molecule has 0 saturated heterocycles. The maximum absolute atomic E-state index is 10.9. The van der Waals surface area contributed by atoms with Gasteiger partial charge in [0.1, 0.15) is 0 Å². The van der Waals surface area contributed by atoms with Crippen LogP contribution in [0.15, 0.2) is 97.9 Å². The lowest BCUT2D eigenvalue weighted by atomic mass is 9.97. The van der Waals surface area contributed by atoms with Gasteiger partial charge in [0.15, 0.2) is 0 Å². The number of rotatable bonds is 9. The molecule has 3 aromatic rings.